The number of para-hydroxylation sites is 2. The summed E-state index contributed by atoms with van der Waals surface area (Å²) >= 11 is 0. The molecule has 3 heterocycles. The minimum atomic E-state index is 0.659. The maximum Gasteiger partial charge on any atom is 0.161 e. The molecule has 4 heteroatoms. The number of rotatable bonds is 4. The Labute approximate surface area is 288 Å². The molecule has 0 aliphatic rings. The molecule has 0 radical (unpaired) electrons. The first-order chi connectivity index (χ1) is 24.6. The van der Waals surface area contributed by atoms with Gasteiger partial charge in [-0.25, -0.2) is 9.97 Å². The highest BCUT2D eigenvalue weighted by molar-refractivity contribution is 6.13. The molecule has 0 aliphatic carbocycles. The summed E-state index contributed by atoms with van der Waals surface area (Å²) in [6, 6.07) is 50.7. The molecule has 10 rings (SSSR count). The predicted octanol–water partition coefficient (Wildman–Crippen LogP) is 12.7. The van der Waals surface area contributed by atoms with Crippen molar-refractivity contribution >= 4 is 54.8 Å². The fourth-order valence-electron chi connectivity index (χ4n) is 7.45. The van der Waals surface area contributed by atoms with E-state index in [1.165, 1.54) is 22.3 Å². The fourth-order valence-corrected chi connectivity index (χ4v) is 7.45. The summed E-state index contributed by atoms with van der Waals surface area (Å²) in [7, 11) is 0. The molecule has 10 aromatic rings. The quantitative estimate of drug-likeness (QED) is 0.192. The lowest BCUT2D eigenvalue weighted by molar-refractivity contribution is 0.668. The van der Waals surface area contributed by atoms with Crippen LogP contribution in [0.15, 0.2) is 154 Å². The van der Waals surface area contributed by atoms with Gasteiger partial charge < -0.3 is 8.83 Å². The summed E-state index contributed by atoms with van der Waals surface area (Å²) < 4.78 is 12.6. The van der Waals surface area contributed by atoms with Crippen molar-refractivity contribution in [3.8, 4) is 44.9 Å². The highest BCUT2D eigenvalue weighted by atomic mass is 16.3. The van der Waals surface area contributed by atoms with Gasteiger partial charge in [0.1, 0.15) is 22.3 Å². The van der Waals surface area contributed by atoms with Crippen LogP contribution >= 0.6 is 0 Å². The van der Waals surface area contributed by atoms with E-state index in [9.17, 15) is 0 Å². The standard InChI is InChI=1S/C46H30N2O2/c1-27-10-3-4-11-32(27)36-24-29(19-18-28(36)2)30-20-22-42-38(25-30)44-35(14-9-17-43(44)50-42)46-47-39-15-7-5-13-34(39)45(48-46)31-21-23-41-37(26-31)33-12-6-8-16-40(33)49-41/h3-26H,1-2H3. The zero-order valence-corrected chi connectivity index (χ0v) is 27.6. The van der Waals surface area contributed by atoms with E-state index in [0.717, 1.165) is 82.7 Å². The second-order valence-corrected chi connectivity index (χ2v) is 13.1. The molecule has 0 spiro atoms. The number of aromatic nitrogens is 2. The molecule has 0 N–H and O–H groups in total. The van der Waals surface area contributed by atoms with Crippen LogP contribution in [-0.4, -0.2) is 9.97 Å². The minimum Gasteiger partial charge on any atom is -0.456 e. The average Bonchev–Trinajstić information content (AvgIpc) is 3.72. The Balaban J connectivity index is 1.16. The van der Waals surface area contributed by atoms with E-state index in [1.54, 1.807) is 0 Å². The predicted molar refractivity (Wildman–Crippen MR) is 205 cm³/mol. The molecule has 0 bridgehead atoms. The van der Waals surface area contributed by atoms with Gasteiger partial charge in [0.25, 0.3) is 0 Å². The van der Waals surface area contributed by atoms with Gasteiger partial charge in [0.15, 0.2) is 5.82 Å². The van der Waals surface area contributed by atoms with Crippen LogP contribution in [0.4, 0.5) is 0 Å². The van der Waals surface area contributed by atoms with Crippen LogP contribution in [0.3, 0.4) is 0 Å². The van der Waals surface area contributed by atoms with Crippen LogP contribution in [-0.2, 0) is 0 Å². The second kappa shape index (κ2) is 11.0. The van der Waals surface area contributed by atoms with Gasteiger partial charge in [-0.1, -0.05) is 91.0 Å². The Morgan fingerprint density at radius 3 is 1.92 bits per heavy atom. The highest BCUT2D eigenvalue weighted by Gasteiger charge is 2.19. The van der Waals surface area contributed by atoms with Gasteiger partial charge in [-0.3, -0.25) is 0 Å². The van der Waals surface area contributed by atoms with Crippen molar-refractivity contribution in [1.82, 2.24) is 9.97 Å². The van der Waals surface area contributed by atoms with E-state index in [-0.39, 0.29) is 0 Å². The number of hydrogen-bond donors (Lipinski definition) is 0. The van der Waals surface area contributed by atoms with E-state index in [0.29, 0.717) is 5.82 Å². The number of nitrogens with zero attached hydrogens (tertiary/aromatic N) is 2. The largest absolute Gasteiger partial charge is 0.456 e. The third kappa shape index (κ3) is 4.46. The SMILES string of the molecule is Cc1ccccc1-c1cc(-c2ccc3oc4cccc(-c5nc(-c6ccc7oc8ccccc8c7c6)c6ccccc6n5)c4c3c2)ccc1C. The summed E-state index contributed by atoms with van der Waals surface area (Å²) in [5.74, 6) is 0.659. The molecule has 0 saturated heterocycles. The zero-order valence-electron chi connectivity index (χ0n) is 27.6. The van der Waals surface area contributed by atoms with Gasteiger partial charge in [-0.15, -0.1) is 0 Å². The molecule has 0 amide bonds. The smallest absolute Gasteiger partial charge is 0.161 e. The van der Waals surface area contributed by atoms with Crippen molar-refractivity contribution in [3.05, 3.63) is 157 Å². The Morgan fingerprint density at radius 1 is 0.400 bits per heavy atom. The Bertz CT molecular complexity index is 2970. The van der Waals surface area contributed by atoms with Crippen LogP contribution in [0.25, 0.3) is 99.7 Å². The van der Waals surface area contributed by atoms with Crippen molar-refractivity contribution in [2.75, 3.05) is 0 Å². The lowest BCUT2D eigenvalue weighted by Crippen LogP contribution is -1.95. The molecule has 0 atom stereocenters. The van der Waals surface area contributed by atoms with Crippen molar-refractivity contribution in [2.45, 2.75) is 13.8 Å². The lowest BCUT2D eigenvalue weighted by Gasteiger charge is -2.12. The number of benzene rings is 7. The summed E-state index contributed by atoms with van der Waals surface area (Å²) in [6.07, 6.45) is 0. The number of hydrogen-bond acceptors (Lipinski definition) is 4. The molecule has 0 saturated carbocycles. The first-order valence-corrected chi connectivity index (χ1v) is 16.9. The van der Waals surface area contributed by atoms with Gasteiger partial charge in [0, 0.05) is 38.1 Å². The molecule has 7 aromatic carbocycles. The molecule has 236 valence electrons. The molecular weight excluding hydrogens is 613 g/mol. The van der Waals surface area contributed by atoms with Crippen molar-refractivity contribution in [1.29, 1.82) is 0 Å². The monoisotopic (exact) mass is 642 g/mol. The summed E-state index contributed by atoms with van der Waals surface area (Å²) in [5.41, 5.74) is 14.4. The van der Waals surface area contributed by atoms with E-state index < -0.39 is 0 Å². The Morgan fingerprint density at radius 2 is 1.02 bits per heavy atom. The van der Waals surface area contributed by atoms with Gasteiger partial charge >= 0.3 is 0 Å². The normalized spacial score (nSPS) is 11.8. The number of furan rings is 2. The van der Waals surface area contributed by atoms with Gasteiger partial charge in [0.05, 0.1) is 11.2 Å². The van der Waals surface area contributed by atoms with Gasteiger partial charge in [0.2, 0.25) is 0 Å². The number of fused-ring (bicyclic) bond motifs is 7. The van der Waals surface area contributed by atoms with Gasteiger partial charge in [-0.05, 0) is 102 Å². The lowest BCUT2D eigenvalue weighted by atomic mass is 9.92. The zero-order chi connectivity index (χ0) is 33.3. The van der Waals surface area contributed by atoms with E-state index >= 15 is 0 Å². The van der Waals surface area contributed by atoms with Crippen LogP contribution in [0.2, 0.25) is 0 Å². The highest BCUT2D eigenvalue weighted by Crippen LogP contribution is 2.40. The topological polar surface area (TPSA) is 52.1 Å². The molecule has 4 nitrogen and oxygen atoms in total. The fraction of sp³-hybridized carbons (Fsp3) is 0.0435. The molecule has 50 heavy (non-hydrogen) atoms. The molecule has 0 aliphatic heterocycles. The summed E-state index contributed by atoms with van der Waals surface area (Å²) in [6.45, 7) is 4.35. The molecule has 0 unspecified atom stereocenters. The summed E-state index contributed by atoms with van der Waals surface area (Å²) in [5, 5.41) is 5.20. The van der Waals surface area contributed by atoms with Crippen LogP contribution < -0.4 is 0 Å². The minimum absolute atomic E-state index is 0.659. The van der Waals surface area contributed by atoms with Crippen LogP contribution in [0.1, 0.15) is 11.1 Å². The summed E-state index contributed by atoms with van der Waals surface area (Å²) in [4.78, 5) is 10.5. The molecule has 3 aromatic heterocycles. The number of aryl methyl sites for hydroxylation is 2. The average molecular weight is 643 g/mol. The first kappa shape index (κ1) is 28.5. The van der Waals surface area contributed by atoms with E-state index in [1.807, 2.05) is 48.5 Å². The molecule has 0 fully saturated rings. The Kier molecular flexibility index (Phi) is 6.27. The van der Waals surface area contributed by atoms with Crippen LogP contribution in [0, 0.1) is 13.8 Å². The van der Waals surface area contributed by atoms with Gasteiger partial charge in [-0.2, -0.15) is 0 Å². The maximum absolute atomic E-state index is 6.45. The third-order valence-electron chi connectivity index (χ3n) is 10.00. The Hall–Kier alpha value is -6.52. The van der Waals surface area contributed by atoms with Crippen molar-refractivity contribution in [3.63, 3.8) is 0 Å². The maximum atomic E-state index is 6.45. The van der Waals surface area contributed by atoms with Crippen LogP contribution in [0.5, 0.6) is 0 Å². The van der Waals surface area contributed by atoms with E-state index in [4.69, 9.17) is 18.8 Å². The first-order valence-electron chi connectivity index (χ1n) is 16.9. The third-order valence-corrected chi connectivity index (χ3v) is 10.00. The second-order valence-electron chi connectivity index (χ2n) is 13.1. The van der Waals surface area contributed by atoms with E-state index in [2.05, 4.69) is 111 Å². The van der Waals surface area contributed by atoms with Crippen molar-refractivity contribution < 1.29 is 8.83 Å². The van der Waals surface area contributed by atoms with Crippen molar-refractivity contribution in [2.24, 2.45) is 0 Å². The molecular formula is C46H30N2O2.